The van der Waals surface area contributed by atoms with Gasteiger partial charge in [0.05, 0.1) is 10.6 Å². The number of allylic oxidation sites excluding steroid dienone is 3. The van der Waals surface area contributed by atoms with E-state index in [1.165, 1.54) is 6.08 Å². The first-order chi connectivity index (χ1) is 7.00. The van der Waals surface area contributed by atoms with Crippen molar-refractivity contribution in [3.05, 3.63) is 22.9 Å². The summed E-state index contributed by atoms with van der Waals surface area (Å²) in [7, 11) is 3.65. The predicted molar refractivity (Wildman–Crippen MR) is 59.6 cm³/mol. The molecule has 0 aromatic rings. The Morgan fingerprint density at radius 1 is 1.27 bits per heavy atom. The lowest BCUT2D eigenvalue weighted by Crippen LogP contribution is -2.18. The summed E-state index contributed by atoms with van der Waals surface area (Å²) in [4.78, 5) is 24.6. The lowest BCUT2D eigenvalue weighted by Gasteiger charge is -2.11. The van der Waals surface area contributed by atoms with Gasteiger partial charge in [-0.25, -0.2) is 0 Å². The Morgan fingerprint density at radius 2 is 1.80 bits per heavy atom. The van der Waals surface area contributed by atoms with Gasteiger partial charge in [0.1, 0.15) is 0 Å². The number of Topliss-reactive ketones (excluding diaryl/α,β-unsaturated/α-hetero) is 2. The van der Waals surface area contributed by atoms with Gasteiger partial charge in [-0.05, 0) is 12.5 Å². The number of rotatable bonds is 2. The van der Waals surface area contributed by atoms with Crippen LogP contribution >= 0.6 is 11.6 Å². The summed E-state index contributed by atoms with van der Waals surface area (Å²) >= 11 is 5.88. The third kappa shape index (κ3) is 3.51. The summed E-state index contributed by atoms with van der Waals surface area (Å²) in [5, 5.41) is 0.401. The van der Waals surface area contributed by atoms with Gasteiger partial charge in [-0.1, -0.05) is 11.6 Å². The minimum absolute atomic E-state index is 0.100. The molecule has 0 heterocycles. The number of nitrogens with zero attached hydrogens (tertiary/aromatic N) is 1. The molecule has 0 saturated heterocycles. The fourth-order valence-electron chi connectivity index (χ4n) is 1.42. The molecule has 3 nitrogen and oxygen atoms in total. The van der Waals surface area contributed by atoms with Crippen molar-refractivity contribution in [3.63, 3.8) is 0 Å². The average Bonchev–Trinajstić information content (AvgIpc) is 2.10. The Labute approximate surface area is 94.4 Å². The van der Waals surface area contributed by atoms with Crippen LogP contribution in [0.25, 0.3) is 0 Å². The molecule has 1 fully saturated rings. The Bertz CT molecular complexity index is 324. The van der Waals surface area contributed by atoms with E-state index in [9.17, 15) is 9.59 Å². The van der Waals surface area contributed by atoms with E-state index in [-0.39, 0.29) is 17.1 Å². The zero-order chi connectivity index (χ0) is 11.4. The van der Waals surface area contributed by atoms with Crippen molar-refractivity contribution in [2.45, 2.75) is 19.3 Å². The van der Waals surface area contributed by atoms with Crippen molar-refractivity contribution in [1.29, 1.82) is 0 Å². The molecule has 4 heteroatoms. The first-order valence-corrected chi connectivity index (χ1v) is 5.20. The van der Waals surface area contributed by atoms with Crippen LogP contribution in [0.5, 0.6) is 0 Å². The van der Waals surface area contributed by atoms with Gasteiger partial charge in [-0.15, -0.1) is 0 Å². The lowest BCUT2D eigenvalue weighted by atomic mass is 9.92. The van der Waals surface area contributed by atoms with Gasteiger partial charge in [0.15, 0.2) is 11.6 Å². The molecular weight excluding hydrogens is 214 g/mol. The van der Waals surface area contributed by atoms with Crippen molar-refractivity contribution < 1.29 is 9.59 Å². The van der Waals surface area contributed by atoms with Crippen LogP contribution in [0.3, 0.4) is 0 Å². The summed E-state index contributed by atoms with van der Waals surface area (Å²) in [6, 6.07) is 0. The summed E-state index contributed by atoms with van der Waals surface area (Å²) in [6.07, 6.45) is 4.67. The monoisotopic (exact) mass is 227 g/mol. The molecule has 0 unspecified atom stereocenters. The van der Waals surface area contributed by atoms with Crippen LogP contribution in [0, 0.1) is 0 Å². The average molecular weight is 228 g/mol. The zero-order valence-electron chi connectivity index (χ0n) is 8.92. The van der Waals surface area contributed by atoms with Gasteiger partial charge in [0, 0.05) is 33.1 Å². The molecule has 82 valence electrons. The van der Waals surface area contributed by atoms with Crippen molar-refractivity contribution in [2.24, 2.45) is 0 Å². The van der Waals surface area contributed by atoms with E-state index in [1.54, 1.807) is 11.1 Å². The lowest BCUT2D eigenvalue weighted by molar-refractivity contribution is -0.123. The largest absolute Gasteiger partial charge is 0.382 e. The molecule has 0 amide bonds. The van der Waals surface area contributed by atoms with Crippen LogP contribution < -0.4 is 0 Å². The van der Waals surface area contributed by atoms with Crippen LogP contribution in [0.1, 0.15) is 19.3 Å². The first-order valence-electron chi connectivity index (χ1n) is 4.82. The minimum Gasteiger partial charge on any atom is -0.382 e. The molecule has 0 radical (unpaired) electrons. The molecule has 15 heavy (non-hydrogen) atoms. The SMILES string of the molecule is CN(C)/C=C(\Cl)C=C1C(=O)CCCC1=O. The molecule has 0 spiro atoms. The van der Waals surface area contributed by atoms with E-state index in [2.05, 4.69) is 0 Å². The van der Waals surface area contributed by atoms with Gasteiger partial charge in [-0.3, -0.25) is 9.59 Å². The quantitative estimate of drug-likeness (QED) is 0.534. The molecule has 0 N–H and O–H groups in total. The second-order valence-corrected chi connectivity index (χ2v) is 4.17. The highest BCUT2D eigenvalue weighted by atomic mass is 35.5. The second kappa shape index (κ2) is 5.12. The summed E-state index contributed by atoms with van der Waals surface area (Å²) < 4.78 is 0. The Morgan fingerprint density at radius 3 is 2.27 bits per heavy atom. The standard InChI is InChI=1S/C11H14ClNO2/c1-13(2)7-8(12)6-9-10(14)4-3-5-11(9)15/h6-7H,3-5H2,1-2H3/b8-7-. The van der Waals surface area contributed by atoms with Crippen molar-refractivity contribution in [3.8, 4) is 0 Å². The van der Waals surface area contributed by atoms with E-state index in [4.69, 9.17) is 11.6 Å². The molecule has 0 bridgehead atoms. The normalized spacial score (nSPS) is 18.1. The maximum Gasteiger partial charge on any atom is 0.166 e. The second-order valence-electron chi connectivity index (χ2n) is 3.74. The fourth-order valence-corrected chi connectivity index (χ4v) is 1.72. The maximum absolute atomic E-state index is 11.4. The molecule has 1 aliphatic rings. The van der Waals surface area contributed by atoms with Gasteiger partial charge in [-0.2, -0.15) is 0 Å². The minimum atomic E-state index is -0.100. The van der Waals surface area contributed by atoms with E-state index < -0.39 is 0 Å². The molecule has 0 aliphatic heterocycles. The van der Waals surface area contributed by atoms with E-state index in [0.717, 1.165) is 0 Å². The van der Waals surface area contributed by atoms with Crippen molar-refractivity contribution in [1.82, 2.24) is 4.90 Å². The van der Waals surface area contributed by atoms with Gasteiger partial charge >= 0.3 is 0 Å². The topological polar surface area (TPSA) is 37.4 Å². The van der Waals surface area contributed by atoms with Crippen LogP contribution in [0.15, 0.2) is 22.9 Å². The summed E-state index contributed by atoms with van der Waals surface area (Å²) in [5.41, 5.74) is 0.240. The molecule has 1 aliphatic carbocycles. The number of carbonyl (C=O) groups is 2. The summed E-state index contributed by atoms with van der Waals surface area (Å²) in [6.45, 7) is 0. The zero-order valence-corrected chi connectivity index (χ0v) is 9.67. The number of hydrogen-bond donors (Lipinski definition) is 0. The van der Waals surface area contributed by atoms with Gasteiger partial charge in [0.25, 0.3) is 0 Å². The maximum atomic E-state index is 11.4. The Balaban J connectivity index is 2.88. The predicted octanol–water partition coefficient (Wildman–Crippen LogP) is 1.88. The number of carbonyl (C=O) groups excluding carboxylic acids is 2. The van der Waals surface area contributed by atoms with Crippen LogP contribution in [-0.2, 0) is 9.59 Å². The molecule has 0 atom stereocenters. The number of hydrogen-bond acceptors (Lipinski definition) is 3. The first kappa shape index (κ1) is 12.0. The molecule has 0 aromatic heterocycles. The molecule has 0 aromatic carbocycles. The van der Waals surface area contributed by atoms with E-state index in [0.29, 0.717) is 24.3 Å². The van der Waals surface area contributed by atoms with Crippen LogP contribution in [-0.4, -0.2) is 30.6 Å². The molecule has 1 saturated carbocycles. The highest BCUT2D eigenvalue weighted by Crippen LogP contribution is 2.19. The Hall–Kier alpha value is -1.09. The third-order valence-electron chi connectivity index (χ3n) is 2.07. The summed E-state index contributed by atoms with van der Waals surface area (Å²) in [5.74, 6) is -0.201. The molecular formula is C11H14ClNO2. The van der Waals surface area contributed by atoms with Crippen LogP contribution in [0.4, 0.5) is 0 Å². The van der Waals surface area contributed by atoms with Gasteiger partial charge < -0.3 is 4.90 Å². The fraction of sp³-hybridized carbons (Fsp3) is 0.455. The number of halogens is 1. The highest BCUT2D eigenvalue weighted by Gasteiger charge is 2.22. The number of ketones is 2. The van der Waals surface area contributed by atoms with Crippen LogP contribution in [0.2, 0.25) is 0 Å². The Kier molecular flexibility index (Phi) is 4.09. The van der Waals surface area contributed by atoms with E-state index >= 15 is 0 Å². The van der Waals surface area contributed by atoms with E-state index in [1.807, 2.05) is 14.1 Å². The third-order valence-corrected chi connectivity index (χ3v) is 2.28. The smallest absolute Gasteiger partial charge is 0.166 e. The van der Waals surface area contributed by atoms with Crippen molar-refractivity contribution in [2.75, 3.05) is 14.1 Å². The van der Waals surface area contributed by atoms with Crippen molar-refractivity contribution >= 4 is 23.2 Å². The highest BCUT2D eigenvalue weighted by molar-refractivity contribution is 6.33. The molecule has 1 rings (SSSR count). The van der Waals surface area contributed by atoms with Gasteiger partial charge in [0.2, 0.25) is 0 Å².